The van der Waals surface area contributed by atoms with Crippen LogP contribution in [0, 0.1) is 0 Å². The minimum atomic E-state index is -0.561. The number of carbonyl (C=O) groups excluding carboxylic acids is 1. The molecule has 0 bridgehead atoms. The number of rotatable bonds is 6. The SMILES string of the molecule is C[C@@H](Oc1cccc2c1CCCC2)C(=O)Nc1ccc(OC2CCN(C)CC2)cc1. The molecule has 1 fully saturated rings. The predicted molar refractivity (Wildman–Crippen MR) is 119 cm³/mol. The average molecular weight is 409 g/mol. The molecule has 160 valence electrons. The van der Waals surface area contributed by atoms with E-state index in [4.69, 9.17) is 9.47 Å². The van der Waals surface area contributed by atoms with Crippen LogP contribution in [0.1, 0.15) is 43.7 Å². The maximum atomic E-state index is 12.6. The molecule has 2 aromatic rings. The van der Waals surface area contributed by atoms with Crippen LogP contribution in [-0.4, -0.2) is 43.2 Å². The molecular weight excluding hydrogens is 376 g/mol. The van der Waals surface area contributed by atoms with Gasteiger partial charge in [-0.05, 0) is 94.0 Å². The minimum absolute atomic E-state index is 0.146. The van der Waals surface area contributed by atoms with Crippen LogP contribution in [-0.2, 0) is 17.6 Å². The molecule has 5 nitrogen and oxygen atoms in total. The summed E-state index contributed by atoms with van der Waals surface area (Å²) in [7, 11) is 2.14. The van der Waals surface area contributed by atoms with Crippen LogP contribution in [0.15, 0.2) is 42.5 Å². The molecule has 2 aliphatic rings. The molecule has 5 heteroatoms. The molecule has 1 atom stereocenters. The van der Waals surface area contributed by atoms with Gasteiger partial charge in [-0.1, -0.05) is 12.1 Å². The Morgan fingerprint density at radius 2 is 1.80 bits per heavy atom. The van der Waals surface area contributed by atoms with Crippen LogP contribution >= 0.6 is 0 Å². The Labute approximate surface area is 179 Å². The molecule has 0 radical (unpaired) electrons. The lowest BCUT2D eigenvalue weighted by atomic mass is 9.91. The summed E-state index contributed by atoms with van der Waals surface area (Å²) in [5.41, 5.74) is 3.37. The van der Waals surface area contributed by atoms with Gasteiger partial charge in [0.25, 0.3) is 5.91 Å². The molecule has 2 aromatic carbocycles. The number of anilines is 1. The van der Waals surface area contributed by atoms with E-state index >= 15 is 0 Å². The Kier molecular flexibility index (Phi) is 6.58. The number of benzene rings is 2. The lowest BCUT2D eigenvalue weighted by Crippen LogP contribution is -2.35. The van der Waals surface area contributed by atoms with E-state index in [2.05, 4.69) is 23.3 Å². The second-order valence-corrected chi connectivity index (χ2v) is 8.50. The summed E-state index contributed by atoms with van der Waals surface area (Å²) < 4.78 is 12.1. The van der Waals surface area contributed by atoms with Gasteiger partial charge in [0, 0.05) is 18.8 Å². The van der Waals surface area contributed by atoms with Gasteiger partial charge in [0.15, 0.2) is 6.10 Å². The van der Waals surface area contributed by atoms with E-state index < -0.39 is 6.10 Å². The number of hydrogen-bond acceptors (Lipinski definition) is 4. The molecule has 0 spiro atoms. The van der Waals surface area contributed by atoms with Gasteiger partial charge in [-0.15, -0.1) is 0 Å². The number of amides is 1. The quantitative estimate of drug-likeness (QED) is 0.768. The molecule has 1 aliphatic heterocycles. The van der Waals surface area contributed by atoms with Crippen molar-refractivity contribution in [2.75, 3.05) is 25.5 Å². The molecule has 1 aliphatic carbocycles. The van der Waals surface area contributed by atoms with Gasteiger partial charge < -0.3 is 19.7 Å². The van der Waals surface area contributed by atoms with E-state index in [-0.39, 0.29) is 12.0 Å². The number of hydrogen-bond donors (Lipinski definition) is 1. The van der Waals surface area contributed by atoms with Crippen LogP contribution in [0.2, 0.25) is 0 Å². The molecule has 1 saturated heterocycles. The van der Waals surface area contributed by atoms with Crippen LogP contribution in [0.4, 0.5) is 5.69 Å². The fraction of sp³-hybridized carbons (Fsp3) is 0.480. The zero-order valence-corrected chi connectivity index (χ0v) is 18.0. The highest BCUT2D eigenvalue weighted by Gasteiger charge is 2.20. The fourth-order valence-electron chi connectivity index (χ4n) is 4.26. The number of nitrogens with one attached hydrogen (secondary N) is 1. The highest BCUT2D eigenvalue weighted by atomic mass is 16.5. The Morgan fingerprint density at radius 3 is 2.57 bits per heavy atom. The lowest BCUT2D eigenvalue weighted by molar-refractivity contribution is -0.122. The van der Waals surface area contributed by atoms with Crippen molar-refractivity contribution < 1.29 is 14.3 Å². The van der Waals surface area contributed by atoms with Gasteiger partial charge in [0.2, 0.25) is 0 Å². The van der Waals surface area contributed by atoms with E-state index in [9.17, 15) is 4.79 Å². The number of likely N-dealkylation sites (tertiary alicyclic amines) is 1. The first-order valence-corrected chi connectivity index (χ1v) is 11.1. The van der Waals surface area contributed by atoms with E-state index in [1.807, 2.05) is 36.4 Å². The van der Waals surface area contributed by atoms with Crippen LogP contribution in [0.5, 0.6) is 11.5 Å². The molecule has 30 heavy (non-hydrogen) atoms. The number of aryl methyl sites for hydroxylation is 1. The molecule has 0 aromatic heterocycles. The molecule has 1 N–H and O–H groups in total. The first-order chi connectivity index (χ1) is 14.6. The van der Waals surface area contributed by atoms with Gasteiger partial charge in [-0.3, -0.25) is 4.79 Å². The predicted octanol–water partition coefficient (Wildman–Crippen LogP) is 4.44. The third-order valence-electron chi connectivity index (χ3n) is 6.12. The van der Waals surface area contributed by atoms with Crippen LogP contribution < -0.4 is 14.8 Å². The summed E-state index contributed by atoms with van der Waals surface area (Å²) in [5, 5.41) is 2.95. The lowest BCUT2D eigenvalue weighted by Gasteiger charge is -2.29. The van der Waals surface area contributed by atoms with Crippen molar-refractivity contribution in [1.29, 1.82) is 0 Å². The number of nitrogens with zero attached hydrogens (tertiary/aromatic N) is 1. The van der Waals surface area contributed by atoms with Crippen molar-refractivity contribution in [2.24, 2.45) is 0 Å². The zero-order valence-electron chi connectivity index (χ0n) is 18.0. The van der Waals surface area contributed by atoms with Gasteiger partial charge in [0.1, 0.15) is 17.6 Å². The van der Waals surface area contributed by atoms with Crippen molar-refractivity contribution in [2.45, 2.75) is 57.7 Å². The normalized spacial score (nSPS) is 18.3. The van der Waals surface area contributed by atoms with Crippen molar-refractivity contribution in [3.8, 4) is 11.5 Å². The number of piperidine rings is 1. The van der Waals surface area contributed by atoms with Crippen molar-refractivity contribution in [3.63, 3.8) is 0 Å². The Hall–Kier alpha value is -2.53. The largest absolute Gasteiger partial charge is 0.490 e. The zero-order chi connectivity index (χ0) is 20.9. The molecule has 1 heterocycles. The van der Waals surface area contributed by atoms with E-state index in [1.165, 1.54) is 24.0 Å². The van der Waals surface area contributed by atoms with Gasteiger partial charge in [-0.25, -0.2) is 0 Å². The van der Waals surface area contributed by atoms with E-state index in [0.29, 0.717) is 0 Å². The first-order valence-electron chi connectivity index (χ1n) is 11.1. The standard InChI is InChI=1S/C25H32N2O3/c1-18(29-24-9-5-7-19-6-3-4-8-23(19)24)25(28)26-20-10-12-21(13-11-20)30-22-14-16-27(2)17-15-22/h5,7,9-13,18,22H,3-4,6,8,14-17H2,1-2H3,(H,26,28)/t18-/m1/s1. The topological polar surface area (TPSA) is 50.8 Å². The minimum Gasteiger partial charge on any atom is -0.490 e. The molecular formula is C25H32N2O3. The Balaban J connectivity index is 1.31. The smallest absolute Gasteiger partial charge is 0.265 e. The Morgan fingerprint density at radius 1 is 1.07 bits per heavy atom. The third-order valence-corrected chi connectivity index (χ3v) is 6.12. The Bertz CT molecular complexity index is 857. The second-order valence-electron chi connectivity index (χ2n) is 8.50. The average Bonchev–Trinajstić information content (AvgIpc) is 2.77. The monoisotopic (exact) mass is 408 g/mol. The van der Waals surface area contributed by atoms with Crippen molar-refractivity contribution >= 4 is 11.6 Å². The third kappa shape index (κ3) is 5.14. The van der Waals surface area contributed by atoms with Crippen LogP contribution in [0.3, 0.4) is 0 Å². The fourth-order valence-corrected chi connectivity index (χ4v) is 4.26. The summed E-state index contributed by atoms with van der Waals surface area (Å²) in [4.78, 5) is 15.0. The van der Waals surface area contributed by atoms with Crippen molar-refractivity contribution in [3.05, 3.63) is 53.6 Å². The number of ether oxygens (including phenoxy) is 2. The highest BCUT2D eigenvalue weighted by Crippen LogP contribution is 2.30. The van der Waals surface area contributed by atoms with E-state index in [1.54, 1.807) is 6.92 Å². The second kappa shape index (κ2) is 9.52. The summed E-state index contributed by atoms with van der Waals surface area (Å²) >= 11 is 0. The molecule has 0 saturated carbocycles. The van der Waals surface area contributed by atoms with Crippen molar-refractivity contribution in [1.82, 2.24) is 4.90 Å². The van der Waals surface area contributed by atoms with Gasteiger partial charge in [0.05, 0.1) is 0 Å². The highest BCUT2D eigenvalue weighted by molar-refractivity contribution is 5.94. The maximum absolute atomic E-state index is 12.6. The summed E-state index contributed by atoms with van der Waals surface area (Å²) in [6.07, 6.45) is 6.34. The first kappa shape index (κ1) is 20.7. The molecule has 1 amide bonds. The summed E-state index contributed by atoms with van der Waals surface area (Å²) in [5.74, 6) is 1.55. The molecule has 0 unspecified atom stereocenters. The van der Waals surface area contributed by atoms with Gasteiger partial charge >= 0.3 is 0 Å². The number of carbonyl (C=O) groups is 1. The van der Waals surface area contributed by atoms with Crippen LogP contribution in [0.25, 0.3) is 0 Å². The maximum Gasteiger partial charge on any atom is 0.265 e. The molecule has 4 rings (SSSR count). The van der Waals surface area contributed by atoms with E-state index in [0.717, 1.165) is 56.0 Å². The number of fused-ring (bicyclic) bond motifs is 1. The summed E-state index contributed by atoms with van der Waals surface area (Å²) in [6, 6.07) is 13.8. The van der Waals surface area contributed by atoms with Gasteiger partial charge in [-0.2, -0.15) is 0 Å². The summed E-state index contributed by atoms with van der Waals surface area (Å²) in [6.45, 7) is 3.94.